The van der Waals surface area contributed by atoms with Gasteiger partial charge in [-0.15, -0.1) is 0 Å². The second-order valence-electron chi connectivity index (χ2n) is 4.36. The van der Waals surface area contributed by atoms with Gasteiger partial charge in [-0.05, 0) is 19.1 Å². The van der Waals surface area contributed by atoms with Crippen molar-refractivity contribution in [3.8, 4) is 0 Å². The third kappa shape index (κ3) is 2.47. The Balaban J connectivity index is 2.08. The lowest BCUT2D eigenvalue weighted by Crippen LogP contribution is -2.22. The van der Waals surface area contributed by atoms with E-state index in [1.165, 1.54) is 0 Å². The zero-order valence-electron chi connectivity index (χ0n) is 10.8. The van der Waals surface area contributed by atoms with Gasteiger partial charge in [0.2, 0.25) is 5.91 Å². The summed E-state index contributed by atoms with van der Waals surface area (Å²) in [5, 5.41) is 2.79. The molecule has 1 aromatic carbocycles. The first-order valence-electron chi connectivity index (χ1n) is 6.12. The quantitative estimate of drug-likeness (QED) is 0.767. The van der Waals surface area contributed by atoms with Crippen molar-refractivity contribution < 1.29 is 9.53 Å². The molecular formula is C13H19N3O2. The van der Waals surface area contributed by atoms with E-state index >= 15 is 0 Å². The number of anilines is 2. The number of ether oxygens (including phenoxy) is 1. The Bertz CT molecular complexity index is 448. The molecular weight excluding hydrogens is 230 g/mol. The lowest BCUT2D eigenvalue weighted by Gasteiger charge is -2.20. The molecule has 18 heavy (non-hydrogen) atoms. The number of rotatable bonds is 5. The minimum atomic E-state index is -0.539. The molecule has 1 unspecified atom stereocenters. The number of nitrogens with one attached hydrogen (secondary N) is 1. The predicted molar refractivity (Wildman–Crippen MR) is 71.8 cm³/mol. The molecule has 5 nitrogen and oxygen atoms in total. The molecule has 1 heterocycles. The van der Waals surface area contributed by atoms with Crippen LogP contribution in [0.4, 0.5) is 11.4 Å². The topological polar surface area (TPSA) is 67.6 Å². The number of amides is 1. The Morgan fingerprint density at radius 3 is 3.00 bits per heavy atom. The second kappa shape index (κ2) is 5.37. The van der Waals surface area contributed by atoms with Gasteiger partial charge >= 0.3 is 0 Å². The van der Waals surface area contributed by atoms with Crippen molar-refractivity contribution in [3.63, 3.8) is 0 Å². The van der Waals surface area contributed by atoms with Crippen LogP contribution >= 0.6 is 0 Å². The van der Waals surface area contributed by atoms with E-state index < -0.39 is 6.04 Å². The number of nitrogens with two attached hydrogens (primary N) is 1. The minimum Gasteiger partial charge on any atom is -0.380 e. The molecule has 1 atom stereocenters. The number of carbonyl (C=O) groups excluding carboxylic acids is 1. The van der Waals surface area contributed by atoms with Crippen molar-refractivity contribution in [1.82, 2.24) is 0 Å². The molecule has 0 bridgehead atoms. The number of carbonyl (C=O) groups is 1. The molecule has 1 aliphatic rings. The summed E-state index contributed by atoms with van der Waals surface area (Å²) < 4.78 is 5.32. The number of fused-ring (bicyclic) bond motifs is 1. The number of benzene rings is 1. The summed E-state index contributed by atoms with van der Waals surface area (Å²) in [4.78, 5) is 13.5. The third-order valence-corrected chi connectivity index (χ3v) is 3.13. The number of nitrogens with zero attached hydrogens (tertiary/aromatic N) is 1. The largest absolute Gasteiger partial charge is 0.380 e. The Morgan fingerprint density at radius 1 is 1.50 bits per heavy atom. The van der Waals surface area contributed by atoms with Crippen molar-refractivity contribution in [2.45, 2.75) is 13.0 Å². The molecule has 0 aromatic heterocycles. The van der Waals surface area contributed by atoms with Crippen LogP contribution in [0.25, 0.3) is 0 Å². The Morgan fingerprint density at radius 2 is 2.28 bits per heavy atom. The van der Waals surface area contributed by atoms with Crippen LogP contribution in [0.1, 0.15) is 18.5 Å². The lowest BCUT2D eigenvalue weighted by atomic mass is 10.1. The molecule has 3 N–H and O–H groups in total. The zero-order valence-corrected chi connectivity index (χ0v) is 10.8. The zero-order chi connectivity index (χ0) is 13.1. The molecule has 2 rings (SSSR count). The fourth-order valence-corrected chi connectivity index (χ4v) is 1.99. The summed E-state index contributed by atoms with van der Waals surface area (Å²) in [6.45, 7) is 4.21. The molecule has 5 heteroatoms. The number of hydrogen-bond acceptors (Lipinski definition) is 4. The van der Waals surface area contributed by atoms with E-state index in [4.69, 9.17) is 10.5 Å². The predicted octanol–water partition coefficient (Wildman–Crippen LogP) is 1.11. The molecule has 0 aliphatic carbocycles. The van der Waals surface area contributed by atoms with Gasteiger partial charge in [0.05, 0.1) is 6.61 Å². The van der Waals surface area contributed by atoms with Crippen LogP contribution in [0, 0.1) is 0 Å². The van der Waals surface area contributed by atoms with E-state index in [9.17, 15) is 4.79 Å². The van der Waals surface area contributed by atoms with E-state index in [0.717, 1.165) is 30.1 Å². The molecule has 0 radical (unpaired) electrons. The highest BCUT2D eigenvalue weighted by atomic mass is 16.5. The van der Waals surface area contributed by atoms with Crippen LogP contribution in [0.3, 0.4) is 0 Å². The smallest absolute Gasteiger partial charge is 0.245 e. The molecule has 98 valence electrons. The highest BCUT2D eigenvalue weighted by Gasteiger charge is 2.27. The maximum absolute atomic E-state index is 11.5. The standard InChI is InChI=1S/C13H19N3O2/c1-3-18-7-6-16(2)9-4-5-10-11(8-9)15-13(17)12(10)14/h4-5,8,12H,3,6-7,14H2,1-2H3,(H,15,17). The van der Waals surface area contributed by atoms with E-state index in [2.05, 4.69) is 10.2 Å². The van der Waals surface area contributed by atoms with Gasteiger partial charge in [-0.1, -0.05) is 6.07 Å². The van der Waals surface area contributed by atoms with Crippen LogP contribution in [-0.2, 0) is 9.53 Å². The first-order chi connectivity index (χ1) is 8.63. The Labute approximate surface area is 107 Å². The fraction of sp³-hybridized carbons (Fsp3) is 0.462. The Hall–Kier alpha value is -1.59. The average molecular weight is 249 g/mol. The molecule has 0 spiro atoms. The monoisotopic (exact) mass is 249 g/mol. The number of likely N-dealkylation sites (N-methyl/N-ethyl adjacent to an activating group) is 1. The minimum absolute atomic E-state index is 0.140. The summed E-state index contributed by atoms with van der Waals surface area (Å²) in [5.74, 6) is -0.140. The van der Waals surface area contributed by atoms with Gasteiger partial charge in [-0.3, -0.25) is 4.79 Å². The summed E-state index contributed by atoms with van der Waals surface area (Å²) in [5.41, 5.74) is 8.49. The maximum Gasteiger partial charge on any atom is 0.245 e. The summed E-state index contributed by atoms with van der Waals surface area (Å²) >= 11 is 0. The molecule has 1 aromatic rings. The van der Waals surface area contributed by atoms with Gasteiger partial charge in [-0.25, -0.2) is 0 Å². The van der Waals surface area contributed by atoms with Crippen LogP contribution in [0.15, 0.2) is 18.2 Å². The molecule has 1 aliphatic heterocycles. The van der Waals surface area contributed by atoms with Gasteiger partial charge in [-0.2, -0.15) is 0 Å². The SMILES string of the molecule is CCOCCN(C)c1ccc2c(c1)NC(=O)C2N. The normalized spacial score (nSPS) is 17.5. The van der Waals surface area contributed by atoms with Gasteiger partial charge in [0.1, 0.15) is 6.04 Å². The first-order valence-corrected chi connectivity index (χ1v) is 6.12. The van der Waals surface area contributed by atoms with Crippen LogP contribution in [0.2, 0.25) is 0 Å². The van der Waals surface area contributed by atoms with Gasteiger partial charge in [0.25, 0.3) is 0 Å². The van der Waals surface area contributed by atoms with Crippen molar-refractivity contribution in [1.29, 1.82) is 0 Å². The first kappa shape index (κ1) is 12.9. The fourth-order valence-electron chi connectivity index (χ4n) is 1.99. The van der Waals surface area contributed by atoms with E-state index in [0.29, 0.717) is 6.61 Å². The summed E-state index contributed by atoms with van der Waals surface area (Å²) in [6.07, 6.45) is 0. The molecule has 0 saturated carbocycles. The van der Waals surface area contributed by atoms with Crippen LogP contribution in [0.5, 0.6) is 0 Å². The third-order valence-electron chi connectivity index (χ3n) is 3.13. The van der Waals surface area contributed by atoms with Crippen LogP contribution < -0.4 is 16.0 Å². The van der Waals surface area contributed by atoms with Crippen molar-refractivity contribution in [2.24, 2.45) is 5.73 Å². The maximum atomic E-state index is 11.5. The molecule has 0 saturated heterocycles. The van der Waals surface area contributed by atoms with Gasteiger partial charge in [0.15, 0.2) is 0 Å². The molecule has 0 fully saturated rings. The van der Waals surface area contributed by atoms with Gasteiger partial charge in [0, 0.05) is 37.1 Å². The molecule has 1 amide bonds. The van der Waals surface area contributed by atoms with Crippen molar-refractivity contribution in [2.75, 3.05) is 37.0 Å². The summed E-state index contributed by atoms with van der Waals surface area (Å²) in [7, 11) is 2.00. The van der Waals surface area contributed by atoms with E-state index in [1.54, 1.807) is 0 Å². The summed E-state index contributed by atoms with van der Waals surface area (Å²) in [6, 6.07) is 5.30. The Kier molecular flexibility index (Phi) is 3.84. The van der Waals surface area contributed by atoms with Crippen LogP contribution in [-0.4, -0.2) is 32.7 Å². The van der Waals surface area contributed by atoms with Crippen molar-refractivity contribution >= 4 is 17.3 Å². The highest BCUT2D eigenvalue weighted by molar-refractivity contribution is 6.02. The second-order valence-corrected chi connectivity index (χ2v) is 4.36. The number of hydrogen-bond donors (Lipinski definition) is 2. The highest BCUT2D eigenvalue weighted by Crippen LogP contribution is 2.32. The lowest BCUT2D eigenvalue weighted by molar-refractivity contribution is -0.116. The van der Waals surface area contributed by atoms with E-state index in [-0.39, 0.29) is 5.91 Å². The average Bonchev–Trinajstić information content (AvgIpc) is 2.65. The van der Waals surface area contributed by atoms with Crippen molar-refractivity contribution in [3.05, 3.63) is 23.8 Å². The van der Waals surface area contributed by atoms with Gasteiger partial charge < -0.3 is 20.7 Å². The van der Waals surface area contributed by atoms with E-state index in [1.807, 2.05) is 32.2 Å².